The van der Waals surface area contributed by atoms with Crippen LogP contribution >= 0.6 is 0 Å². The molecule has 0 saturated heterocycles. The molecule has 0 fully saturated rings. The lowest BCUT2D eigenvalue weighted by Gasteiger charge is -2.19. The van der Waals surface area contributed by atoms with Crippen molar-refractivity contribution < 1.29 is 14.0 Å². The summed E-state index contributed by atoms with van der Waals surface area (Å²) < 4.78 is 7.60. The Bertz CT molecular complexity index is 1000. The maximum Gasteiger partial charge on any atom is 0.256 e. The Morgan fingerprint density at radius 3 is 2.74 bits per heavy atom. The number of amides is 1. The first kappa shape index (κ1) is 17.3. The molecule has 2 heterocycles. The van der Waals surface area contributed by atoms with Gasteiger partial charge in [0.15, 0.2) is 5.78 Å². The van der Waals surface area contributed by atoms with Gasteiger partial charge >= 0.3 is 0 Å². The minimum atomic E-state index is -0.428. The number of fused-ring (bicyclic) bond motifs is 1. The van der Waals surface area contributed by atoms with Gasteiger partial charge in [0.25, 0.3) is 5.91 Å². The Morgan fingerprint density at radius 2 is 2.04 bits per heavy atom. The van der Waals surface area contributed by atoms with E-state index >= 15 is 0 Å². The summed E-state index contributed by atoms with van der Waals surface area (Å²) in [5.41, 5.74) is 1.72. The summed E-state index contributed by atoms with van der Waals surface area (Å²) in [6.45, 7) is 1.73. The average molecular weight is 363 g/mol. The molecule has 27 heavy (non-hydrogen) atoms. The Hall–Kier alpha value is -3.15. The molecule has 3 aromatic rings. The predicted octanol–water partition coefficient (Wildman–Crippen LogP) is 3.36. The Balaban J connectivity index is 1.73. The third-order valence-electron chi connectivity index (χ3n) is 5.00. The van der Waals surface area contributed by atoms with E-state index in [1.165, 1.54) is 0 Å². The van der Waals surface area contributed by atoms with E-state index in [2.05, 4.69) is 10.3 Å². The van der Waals surface area contributed by atoms with Gasteiger partial charge in [-0.2, -0.15) is 0 Å². The van der Waals surface area contributed by atoms with E-state index in [0.29, 0.717) is 35.5 Å². The van der Waals surface area contributed by atoms with Crippen LogP contribution < -0.4 is 5.32 Å². The minimum absolute atomic E-state index is 0.0218. The fourth-order valence-corrected chi connectivity index (χ4v) is 3.68. The first-order chi connectivity index (χ1) is 13.1. The molecule has 1 aliphatic rings. The first-order valence-electron chi connectivity index (χ1n) is 9.04. The molecule has 2 aromatic heterocycles. The van der Waals surface area contributed by atoms with Gasteiger partial charge in [-0.1, -0.05) is 30.3 Å². The molecule has 0 bridgehead atoms. The Labute approximate surface area is 157 Å². The standard InChI is InChI=1S/C21H21N3O3/c1-13-17(18-15(25)9-6-10-16(18)27-13)21(26)23-19(14-7-4-3-5-8-14)20-22-11-12-24(20)2/h3-5,7-8,11-12,19H,6,9-10H2,1-2H3,(H,23,26). The van der Waals surface area contributed by atoms with Crippen LogP contribution in [0.15, 0.2) is 47.1 Å². The lowest BCUT2D eigenvalue weighted by atomic mass is 9.93. The van der Waals surface area contributed by atoms with Crippen molar-refractivity contribution in [3.8, 4) is 0 Å². The van der Waals surface area contributed by atoms with Crippen molar-refractivity contribution in [1.82, 2.24) is 14.9 Å². The molecule has 1 atom stereocenters. The molecule has 1 aromatic carbocycles. The number of hydrogen-bond donors (Lipinski definition) is 1. The van der Waals surface area contributed by atoms with Crippen molar-refractivity contribution >= 4 is 11.7 Å². The molecule has 0 saturated carbocycles. The molecule has 138 valence electrons. The fourth-order valence-electron chi connectivity index (χ4n) is 3.68. The third kappa shape index (κ3) is 3.07. The monoisotopic (exact) mass is 363 g/mol. The van der Waals surface area contributed by atoms with Gasteiger partial charge in [-0.25, -0.2) is 4.98 Å². The molecule has 6 nitrogen and oxygen atoms in total. The maximum absolute atomic E-state index is 13.2. The van der Waals surface area contributed by atoms with Gasteiger partial charge in [-0.15, -0.1) is 0 Å². The van der Waals surface area contributed by atoms with Gasteiger partial charge < -0.3 is 14.3 Å². The summed E-state index contributed by atoms with van der Waals surface area (Å²) >= 11 is 0. The van der Waals surface area contributed by atoms with Crippen LogP contribution in [-0.2, 0) is 13.5 Å². The van der Waals surface area contributed by atoms with Gasteiger partial charge in [-0.05, 0) is 18.9 Å². The number of aryl methyl sites for hydroxylation is 3. The van der Waals surface area contributed by atoms with Crippen LogP contribution in [0.3, 0.4) is 0 Å². The first-order valence-corrected chi connectivity index (χ1v) is 9.04. The summed E-state index contributed by atoms with van der Waals surface area (Å²) in [5.74, 6) is 1.49. The summed E-state index contributed by atoms with van der Waals surface area (Å²) in [7, 11) is 1.89. The smallest absolute Gasteiger partial charge is 0.256 e. The summed E-state index contributed by atoms with van der Waals surface area (Å²) in [6.07, 6.45) is 5.45. The van der Waals surface area contributed by atoms with Gasteiger partial charge in [-0.3, -0.25) is 9.59 Å². The van der Waals surface area contributed by atoms with Gasteiger partial charge in [0.2, 0.25) is 0 Å². The second-order valence-electron chi connectivity index (χ2n) is 6.82. The van der Waals surface area contributed by atoms with E-state index in [1.807, 2.05) is 48.1 Å². The summed E-state index contributed by atoms with van der Waals surface area (Å²) in [6, 6.07) is 9.24. The number of ketones is 1. The molecule has 0 radical (unpaired) electrons. The molecule has 1 unspecified atom stereocenters. The quantitative estimate of drug-likeness (QED) is 0.771. The Morgan fingerprint density at radius 1 is 1.26 bits per heavy atom. The number of nitrogens with one attached hydrogen (secondary N) is 1. The van der Waals surface area contributed by atoms with Crippen molar-refractivity contribution in [1.29, 1.82) is 0 Å². The van der Waals surface area contributed by atoms with E-state index in [0.717, 1.165) is 17.8 Å². The van der Waals surface area contributed by atoms with Crippen LogP contribution in [0.2, 0.25) is 0 Å². The predicted molar refractivity (Wildman–Crippen MR) is 99.7 cm³/mol. The van der Waals surface area contributed by atoms with Crippen molar-refractivity contribution in [3.05, 3.63) is 76.8 Å². The normalized spacial score (nSPS) is 14.7. The topological polar surface area (TPSA) is 77.1 Å². The number of rotatable bonds is 4. The molecular weight excluding hydrogens is 342 g/mol. The number of nitrogens with zero attached hydrogens (tertiary/aromatic N) is 2. The average Bonchev–Trinajstić information content (AvgIpc) is 3.23. The lowest BCUT2D eigenvalue weighted by Crippen LogP contribution is -2.32. The van der Waals surface area contributed by atoms with E-state index in [9.17, 15) is 9.59 Å². The van der Waals surface area contributed by atoms with Crippen molar-refractivity contribution in [2.75, 3.05) is 0 Å². The second kappa shape index (κ2) is 6.87. The highest BCUT2D eigenvalue weighted by molar-refractivity contribution is 6.10. The van der Waals surface area contributed by atoms with Crippen molar-refractivity contribution in [3.63, 3.8) is 0 Å². The summed E-state index contributed by atoms with van der Waals surface area (Å²) in [5, 5.41) is 3.06. The molecule has 1 N–H and O–H groups in total. The van der Waals surface area contributed by atoms with Crippen LogP contribution in [0, 0.1) is 6.92 Å². The molecule has 1 amide bonds. The van der Waals surface area contributed by atoms with Crippen LogP contribution in [0.4, 0.5) is 0 Å². The zero-order valence-electron chi connectivity index (χ0n) is 15.4. The molecule has 1 aliphatic carbocycles. The number of hydrogen-bond acceptors (Lipinski definition) is 4. The molecule has 0 spiro atoms. The highest BCUT2D eigenvalue weighted by Gasteiger charge is 2.32. The zero-order chi connectivity index (χ0) is 19.0. The van der Waals surface area contributed by atoms with E-state index in [1.54, 1.807) is 13.1 Å². The van der Waals surface area contributed by atoms with Crippen LogP contribution in [0.1, 0.15) is 62.5 Å². The zero-order valence-corrected chi connectivity index (χ0v) is 15.4. The number of aromatic nitrogens is 2. The number of furan rings is 1. The van der Waals surface area contributed by atoms with E-state index in [4.69, 9.17) is 4.42 Å². The Kier molecular flexibility index (Phi) is 4.39. The highest BCUT2D eigenvalue weighted by Crippen LogP contribution is 2.30. The number of imidazole rings is 1. The second-order valence-corrected chi connectivity index (χ2v) is 6.82. The SMILES string of the molecule is Cc1oc2c(c1C(=O)NC(c1ccccc1)c1nccn1C)C(=O)CCC2. The fraction of sp³-hybridized carbons (Fsp3) is 0.286. The maximum atomic E-state index is 13.2. The molecule has 0 aliphatic heterocycles. The van der Waals surface area contributed by atoms with Gasteiger partial charge in [0.1, 0.15) is 23.4 Å². The third-order valence-corrected chi connectivity index (χ3v) is 5.00. The molecule has 4 rings (SSSR count). The lowest BCUT2D eigenvalue weighted by molar-refractivity contribution is 0.0919. The molecular formula is C21H21N3O3. The minimum Gasteiger partial charge on any atom is -0.465 e. The van der Waals surface area contributed by atoms with Crippen molar-refractivity contribution in [2.24, 2.45) is 7.05 Å². The number of carbonyl (C=O) groups is 2. The van der Waals surface area contributed by atoms with Crippen LogP contribution in [0.5, 0.6) is 0 Å². The van der Waals surface area contributed by atoms with E-state index < -0.39 is 6.04 Å². The van der Waals surface area contributed by atoms with Crippen LogP contribution in [-0.4, -0.2) is 21.2 Å². The van der Waals surface area contributed by atoms with Gasteiger partial charge in [0.05, 0.1) is 11.1 Å². The largest absolute Gasteiger partial charge is 0.465 e. The summed E-state index contributed by atoms with van der Waals surface area (Å²) in [4.78, 5) is 30.0. The number of carbonyl (C=O) groups excluding carboxylic acids is 2. The van der Waals surface area contributed by atoms with Crippen molar-refractivity contribution in [2.45, 2.75) is 32.2 Å². The van der Waals surface area contributed by atoms with Gasteiger partial charge in [0, 0.05) is 32.3 Å². The van der Waals surface area contributed by atoms with Crippen LogP contribution in [0.25, 0.3) is 0 Å². The van der Waals surface area contributed by atoms with E-state index in [-0.39, 0.29) is 11.7 Å². The highest BCUT2D eigenvalue weighted by atomic mass is 16.3. The molecule has 6 heteroatoms. The number of Topliss-reactive ketones (excluding diaryl/α,β-unsaturated/α-hetero) is 1. The number of benzene rings is 1.